The zero-order valence-electron chi connectivity index (χ0n) is 11.1. The number of hydrogen-bond donors (Lipinski definition) is 3. The summed E-state index contributed by atoms with van der Waals surface area (Å²) in [5, 5.41) is 18.1. The van der Waals surface area contributed by atoms with Crippen molar-refractivity contribution in [3.05, 3.63) is 22.8 Å². The van der Waals surface area contributed by atoms with Gasteiger partial charge in [-0.3, -0.25) is 0 Å². The van der Waals surface area contributed by atoms with Crippen LogP contribution in [0.4, 0.5) is 0 Å². The first kappa shape index (κ1) is 15.0. The van der Waals surface area contributed by atoms with Crippen molar-refractivity contribution < 1.29 is 8.42 Å². The molecule has 0 spiro atoms. The Morgan fingerprint density at radius 1 is 1.40 bits per heavy atom. The van der Waals surface area contributed by atoms with Crippen molar-refractivity contribution in [1.29, 1.82) is 0 Å². The van der Waals surface area contributed by atoms with E-state index in [9.17, 15) is 8.42 Å². The number of rotatable bonds is 7. The van der Waals surface area contributed by atoms with E-state index in [2.05, 4.69) is 30.7 Å². The van der Waals surface area contributed by atoms with Crippen molar-refractivity contribution in [2.75, 3.05) is 0 Å². The second-order valence-electron chi connectivity index (χ2n) is 4.46. The Balaban J connectivity index is 1.98. The Morgan fingerprint density at radius 2 is 2.20 bits per heavy atom. The summed E-state index contributed by atoms with van der Waals surface area (Å²) in [5.41, 5.74) is 0.948. The summed E-state index contributed by atoms with van der Waals surface area (Å²) in [6.07, 6.45) is 0. The molecule has 2 aromatic heterocycles. The topological polar surface area (TPSA) is 113 Å². The smallest absolute Gasteiger partial charge is 0.250 e. The number of aromatic amines is 1. The molecule has 2 aromatic rings. The van der Waals surface area contributed by atoms with Crippen LogP contribution >= 0.6 is 11.3 Å². The van der Waals surface area contributed by atoms with Gasteiger partial charge in [-0.2, -0.15) is 5.21 Å². The number of nitrogens with zero attached hydrogens (tertiary/aromatic N) is 3. The lowest BCUT2D eigenvalue weighted by Gasteiger charge is -2.05. The maximum absolute atomic E-state index is 12.1. The summed E-state index contributed by atoms with van der Waals surface area (Å²) < 4.78 is 26.9. The van der Waals surface area contributed by atoms with Crippen LogP contribution in [0.15, 0.2) is 15.7 Å². The van der Waals surface area contributed by atoms with Gasteiger partial charge in [0.25, 0.3) is 0 Å². The van der Waals surface area contributed by atoms with Crippen molar-refractivity contribution in [3.63, 3.8) is 0 Å². The van der Waals surface area contributed by atoms with Crippen molar-refractivity contribution in [2.24, 2.45) is 0 Å². The second-order valence-corrected chi connectivity index (χ2v) is 7.37. The first-order chi connectivity index (χ1) is 9.47. The Bertz CT molecular complexity index is 635. The molecule has 0 amide bonds. The number of hydrogen-bond acceptors (Lipinski definition) is 7. The van der Waals surface area contributed by atoms with Gasteiger partial charge in [0.05, 0.1) is 6.54 Å². The van der Waals surface area contributed by atoms with Gasteiger partial charge in [0.1, 0.15) is 4.21 Å². The number of sulfonamides is 1. The van der Waals surface area contributed by atoms with Crippen LogP contribution in [0.3, 0.4) is 0 Å². The molecule has 110 valence electrons. The third-order valence-corrected chi connectivity index (χ3v) is 5.31. The molecule has 2 heterocycles. The molecule has 0 radical (unpaired) electrons. The standard InChI is InChI=1S/C10H16N6O2S2/c1-7(2)11-4-8-3-10(19-6-8)20(17,18)12-5-9-13-15-16-14-9/h3,6-7,11-12H,4-5H2,1-2H3,(H,13,14,15,16). The van der Waals surface area contributed by atoms with E-state index in [1.165, 1.54) is 11.3 Å². The van der Waals surface area contributed by atoms with Crippen LogP contribution < -0.4 is 10.0 Å². The van der Waals surface area contributed by atoms with Gasteiger partial charge < -0.3 is 5.32 Å². The van der Waals surface area contributed by atoms with E-state index in [1.54, 1.807) is 6.07 Å². The van der Waals surface area contributed by atoms with E-state index in [4.69, 9.17) is 0 Å². The van der Waals surface area contributed by atoms with Gasteiger partial charge in [-0.15, -0.1) is 21.5 Å². The first-order valence-electron chi connectivity index (χ1n) is 6.00. The average molecular weight is 316 g/mol. The van der Waals surface area contributed by atoms with E-state index in [-0.39, 0.29) is 10.8 Å². The summed E-state index contributed by atoms with van der Waals surface area (Å²) in [4.78, 5) is 0. The molecule has 8 nitrogen and oxygen atoms in total. The number of H-pyrrole nitrogens is 1. The lowest BCUT2D eigenvalue weighted by Crippen LogP contribution is -2.23. The van der Waals surface area contributed by atoms with E-state index < -0.39 is 10.0 Å². The fourth-order valence-electron chi connectivity index (χ4n) is 1.40. The Morgan fingerprint density at radius 3 is 2.85 bits per heavy atom. The summed E-state index contributed by atoms with van der Waals surface area (Å²) in [6, 6.07) is 2.02. The Kier molecular flexibility index (Phi) is 4.81. The Labute approximate surface area is 121 Å². The third kappa shape index (κ3) is 4.07. The maximum Gasteiger partial charge on any atom is 0.250 e. The van der Waals surface area contributed by atoms with Gasteiger partial charge in [0.15, 0.2) is 5.82 Å². The van der Waals surface area contributed by atoms with Crippen molar-refractivity contribution >= 4 is 21.4 Å². The monoisotopic (exact) mass is 316 g/mol. The molecule has 3 N–H and O–H groups in total. The van der Waals surface area contributed by atoms with Crippen molar-refractivity contribution in [3.8, 4) is 0 Å². The van der Waals surface area contributed by atoms with E-state index in [0.29, 0.717) is 18.4 Å². The molecule has 20 heavy (non-hydrogen) atoms. The highest BCUT2D eigenvalue weighted by Crippen LogP contribution is 2.20. The highest BCUT2D eigenvalue weighted by molar-refractivity contribution is 7.91. The van der Waals surface area contributed by atoms with Crippen LogP contribution in [0, 0.1) is 0 Å². The van der Waals surface area contributed by atoms with E-state index in [1.807, 2.05) is 19.2 Å². The molecule has 0 aromatic carbocycles. The molecule has 0 unspecified atom stereocenters. The highest BCUT2D eigenvalue weighted by atomic mass is 32.2. The van der Waals surface area contributed by atoms with Crippen molar-refractivity contribution in [2.45, 2.75) is 37.2 Å². The molecule has 10 heteroatoms. The summed E-state index contributed by atoms with van der Waals surface area (Å²) in [6.45, 7) is 4.73. The predicted molar refractivity (Wildman–Crippen MR) is 74.5 cm³/mol. The first-order valence-corrected chi connectivity index (χ1v) is 8.36. The van der Waals surface area contributed by atoms with E-state index in [0.717, 1.165) is 5.56 Å². The number of tetrazole rings is 1. The number of thiophene rings is 1. The van der Waals surface area contributed by atoms with Crippen molar-refractivity contribution in [1.82, 2.24) is 30.7 Å². The minimum atomic E-state index is -3.54. The van der Waals surface area contributed by atoms with Gasteiger partial charge in [0, 0.05) is 12.6 Å². The fraction of sp³-hybridized carbons (Fsp3) is 0.500. The van der Waals surface area contributed by atoms with Crippen LogP contribution in [0.1, 0.15) is 25.2 Å². The molecule has 0 aliphatic rings. The quantitative estimate of drug-likeness (QED) is 0.674. The normalized spacial score (nSPS) is 12.2. The lowest BCUT2D eigenvalue weighted by molar-refractivity contribution is 0.580. The van der Waals surface area contributed by atoms with Gasteiger partial charge >= 0.3 is 0 Å². The van der Waals surface area contributed by atoms with Gasteiger partial charge in [-0.05, 0) is 17.0 Å². The molecule has 0 fully saturated rings. The summed E-state index contributed by atoms with van der Waals surface area (Å²) in [7, 11) is -3.54. The minimum absolute atomic E-state index is 0.0102. The summed E-state index contributed by atoms with van der Waals surface area (Å²) in [5.74, 6) is 0.298. The molecule has 2 rings (SSSR count). The molecule has 0 atom stereocenters. The van der Waals surface area contributed by atoms with Gasteiger partial charge in [0.2, 0.25) is 10.0 Å². The molecule has 0 bridgehead atoms. The second kappa shape index (κ2) is 6.39. The number of nitrogens with one attached hydrogen (secondary N) is 3. The van der Waals surface area contributed by atoms with Gasteiger partial charge in [-0.25, -0.2) is 13.1 Å². The predicted octanol–water partition coefficient (Wildman–Crippen LogP) is 0.238. The maximum atomic E-state index is 12.1. The van der Waals surface area contributed by atoms with E-state index >= 15 is 0 Å². The largest absolute Gasteiger partial charge is 0.310 e. The SMILES string of the molecule is CC(C)NCc1csc(S(=O)(=O)NCc2nn[nH]n2)c1. The minimum Gasteiger partial charge on any atom is -0.310 e. The van der Waals surface area contributed by atoms with Crippen LogP contribution in [-0.2, 0) is 23.1 Å². The average Bonchev–Trinajstić information content (AvgIpc) is 3.05. The van der Waals surface area contributed by atoms with Gasteiger partial charge in [-0.1, -0.05) is 19.1 Å². The molecular weight excluding hydrogens is 300 g/mol. The highest BCUT2D eigenvalue weighted by Gasteiger charge is 2.17. The third-order valence-electron chi connectivity index (χ3n) is 2.42. The zero-order chi connectivity index (χ0) is 14.6. The zero-order valence-corrected chi connectivity index (χ0v) is 12.8. The van der Waals surface area contributed by atoms with Crippen LogP contribution in [0.2, 0.25) is 0 Å². The fourth-order valence-corrected chi connectivity index (χ4v) is 3.63. The molecule has 0 saturated carbocycles. The summed E-state index contributed by atoms with van der Waals surface area (Å²) >= 11 is 1.19. The van der Waals surface area contributed by atoms with Crippen LogP contribution in [-0.4, -0.2) is 35.1 Å². The molecule has 0 saturated heterocycles. The Hall–Kier alpha value is -1.36. The number of aromatic nitrogens is 4. The lowest BCUT2D eigenvalue weighted by atomic mass is 10.3. The molecule has 0 aliphatic carbocycles. The van der Waals surface area contributed by atoms with Crippen LogP contribution in [0.25, 0.3) is 0 Å². The van der Waals surface area contributed by atoms with Crippen LogP contribution in [0.5, 0.6) is 0 Å². The molecular formula is C10H16N6O2S2. The molecule has 0 aliphatic heterocycles.